The molecule has 31 heavy (non-hydrogen) atoms. The van der Waals surface area contributed by atoms with Gasteiger partial charge in [0.25, 0.3) is 0 Å². The summed E-state index contributed by atoms with van der Waals surface area (Å²) in [6, 6.07) is 14.1. The van der Waals surface area contributed by atoms with E-state index in [1.54, 1.807) is 12.4 Å². The fourth-order valence-corrected chi connectivity index (χ4v) is 3.88. The van der Waals surface area contributed by atoms with Crippen molar-refractivity contribution in [1.29, 1.82) is 0 Å². The second kappa shape index (κ2) is 11.3. The summed E-state index contributed by atoms with van der Waals surface area (Å²) in [5, 5.41) is 12.0. The fraction of sp³-hybridized carbons (Fsp3) is 0.318. The van der Waals surface area contributed by atoms with Gasteiger partial charge in [-0.2, -0.15) is 5.10 Å². The lowest BCUT2D eigenvalue weighted by Gasteiger charge is -2.20. The second-order valence-electron chi connectivity index (χ2n) is 7.16. The molecule has 0 radical (unpaired) electrons. The molecule has 1 aliphatic heterocycles. The van der Waals surface area contributed by atoms with Gasteiger partial charge in [0, 0.05) is 44.3 Å². The molecule has 1 aliphatic rings. The molecule has 1 aromatic carbocycles. The number of rotatable bonds is 6. The van der Waals surface area contributed by atoms with Gasteiger partial charge in [0.2, 0.25) is 0 Å². The highest BCUT2D eigenvalue weighted by Crippen LogP contribution is 2.25. The van der Waals surface area contributed by atoms with Gasteiger partial charge in [-0.1, -0.05) is 29.8 Å². The maximum Gasteiger partial charge on any atom is 0.191 e. The molecule has 4 rings (SSSR count). The summed E-state index contributed by atoms with van der Waals surface area (Å²) in [5.41, 5.74) is 2.16. The number of aliphatic imine (C=N–C) groups is 1. The standard InChI is InChI=1S/C22H26ClN7.HI/c1-2-24-22(26-15-17-7-3-4-9-20(17)30-13-6-12-27-30)28-18-10-14-29(16-18)21-19(23)8-5-11-25-21;/h3-9,11-13,18H,2,10,14-16H2,1H3,(H2,24,26,28);1H. The molecular weight excluding hydrogens is 525 g/mol. The normalized spacial score (nSPS) is 16.1. The summed E-state index contributed by atoms with van der Waals surface area (Å²) < 4.78 is 1.87. The van der Waals surface area contributed by atoms with E-state index in [-0.39, 0.29) is 30.0 Å². The first-order valence-electron chi connectivity index (χ1n) is 10.2. The van der Waals surface area contributed by atoms with Crippen LogP contribution in [0.5, 0.6) is 0 Å². The molecule has 2 aromatic heterocycles. The lowest BCUT2D eigenvalue weighted by Crippen LogP contribution is -2.44. The summed E-state index contributed by atoms with van der Waals surface area (Å²) in [4.78, 5) is 11.5. The van der Waals surface area contributed by atoms with E-state index in [4.69, 9.17) is 16.6 Å². The summed E-state index contributed by atoms with van der Waals surface area (Å²) in [6.45, 7) is 5.19. The molecule has 1 unspecified atom stereocenters. The third-order valence-electron chi connectivity index (χ3n) is 5.06. The number of aromatic nitrogens is 3. The van der Waals surface area contributed by atoms with Gasteiger partial charge in [0.05, 0.1) is 17.3 Å². The number of hydrogen-bond donors (Lipinski definition) is 2. The zero-order valence-corrected chi connectivity index (χ0v) is 20.5. The predicted molar refractivity (Wildman–Crippen MR) is 137 cm³/mol. The molecule has 0 amide bonds. The number of nitrogens with one attached hydrogen (secondary N) is 2. The molecule has 7 nitrogen and oxygen atoms in total. The van der Waals surface area contributed by atoms with E-state index in [1.165, 1.54) is 0 Å². The van der Waals surface area contributed by atoms with Crippen molar-refractivity contribution in [3.8, 4) is 5.69 Å². The van der Waals surface area contributed by atoms with E-state index in [0.717, 1.165) is 49.1 Å². The van der Waals surface area contributed by atoms with Gasteiger partial charge in [-0.15, -0.1) is 24.0 Å². The number of nitrogens with zero attached hydrogens (tertiary/aromatic N) is 5. The molecule has 3 heterocycles. The number of hydrogen-bond acceptors (Lipinski definition) is 4. The highest BCUT2D eigenvalue weighted by molar-refractivity contribution is 14.0. The Bertz CT molecular complexity index is 993. The molecule has 9 heteroatoms. The van der Waals surface area contributed by atoms with Crippen LogP contribution in [0.4, 0.5) is 5.82 Å². The van der Waals surface area contributed by atoms with E-state index in [9.17, 15) is 0 Å². The Kier molecular flexibility index (Phi) is 8.53. The molecule has 3 aromatic rings. The molecular formula is C22H27ClIN7. The van der Waals surface area contributed by atoms with Crippen LogP contribution in [0.3, 0.4) is 0 Å². The van der Waals surface area contributed by atoms with E-state index in [2.05, 4.69) is 44.7 Å². The maximum absolute atomic E-state index is 6.31. The first-order valence-corrected chi connectivity index (χ1v) is 10.6. The Hall–Kier alpha value is -2.33. The molecule has 164 valence electrons. The number of guanidine groups is 1. The van der Waals surface area contributed by atoms with Gasteiger partial charge >= 0.3 is 0 Å². The molecule has 1 fully saturated rings. The van der Waals surface area contributed by atoms with Gasteiger partial charge in [-0.3, -0.25) is 0 Å². The van der Waals surface area contributed by atoms with Gasteiger partial charge in [-0.05, 0) is 43.2 Å². The van der Waals surface area contributed by atoms with Crippen molar-refractivity contribution in [2.24, 2.45) is 4.99 Å². The van der Waals surface area contributed by atoms with Gasteiger partial charge in [0.1, 0.15) is 5.82 Å². The van der Waals surface area contributed by atoms with E-state index in [1.807, 2.05) is 41.2 Å². The van der Waals surface area contributed by atoms with Crippen LogP contribution >= 0.6 is 35.6 Å². The van der Waals surface area contributed by atoms with Gasteiger partial charge in [0.15, 0.2) is 5.96 Å². The third-order valence-corrected chi connectivity index (χ3v) is 5.36. The molecule has 2 N–H and O–H groups in total. The van der Waals surface area contributed by atoms with Crippen LogP contribution in [-0.4, -0.2) is 46.4 Å². The molecule has 0 bridgehead atoms. The molecule has 0 aliphatic carbocycles. The smallest absolute Gasteiger partial charge is 0.191 e. The van der Waals surface area contributed by atoms with Gasteiger partial charge < -0.3 is 15.5 Å². The quantitative estimate of drug-likeness (QED) is 0.277. The van der Waals surface area contributed by atoms with Crippen LogP contribution in [0.15, 0.2) is 66.0 Å². The Labute approximate surface area is 204 Å². The van der Waals surface area contributed by atoms with E-state index >= 15 is 0 Å². The van der Waals surface area contributed by atoms with Crippen LogP contribution in [0.2, 0.25) is 5.02 Å². The second-order valence-corrected chi connectivity index (χ2v) is 7.57. The summed E-state index contributed by atoms with van der Waals surface area (Å²) in [6.07, 6.45) is 6.51. The zero-order valence-electron chi connectivity index (χ0n) is 17.4. The van der Waals surface area contributed by atoms with Crippen molar-refractivity contribution < 1.29 is 0 Å². The minimum atomic E-state index is 0. The van der Waals surface area contributed by atoms with Crippen LogP contribution in [0.25, 0.3) is 5.69 Å². The average molecular weight is 552 g/mol. The van der Waals surface area contributed by atoms with Crippen LogP contribution < -0.4 is 15.5 Å². The van der Waals surface area contributed by atoms with E-state index in [0.29, 0.717) is 11.6 Å². The Morgan fingerprint density at radius 3 is 2.84 bits per heavy atom. The van der Waals surface area contributed by atoms with E-state index < -0.39 is 0 Å². The molecule has 0 spiro atoms. The van der Waals surface area contributed by atoms with Crippen molar-refractivity contribution in [2.45, 2.75) is 25.9 Å². The van der Waals surface area contributed by atoms with Crippen LogP contribution in [0, 0.1) is 0 Å². The Balaban J connectivity index is 0.00000272. The Morgan fingerprint density at radius 1 is 1.19 bits per heavy atom. The number of halogens is 2. The largest absolute Gasteiger partial charge is 0.357 e. The van der Waals surface area contributed by atoms with Crippen LogP contribution in [-0.2, 0) is 6.54 Å². The maximum atomic E-state index is 6.31. The molecule has 0 saturated carbocycles. The summed E-state index contributed by atoms with van der Waals surface area (Å²) in [5.74, 6) is 1.66. The number of anilines is 1. The number of para-hydroxylation sites is 1. The van der Waals surface area contributed by atoms with Gasteiger partial charge in [-0.25, -0.2) is 14.7 Å². The highest BCUT2D eigenvalue weighted by atomic mass is 127. The zero-order chi connectivity index (χ0) is 20.8. The topological polar surface area (TPSA) is 70.4 Å². The summed E-state index contributed by atoms with van der Waals surface area (Å²) in [7, 11) is 0. The summed E-state index contributed by atoms with van der Waals surface area (Å²) >= 11 is 6.31. The predicted octanol–water partition coefficient (Wildman–Crippen LogP) is 3.87. The van der Waals surface area contributed by atoms with Crippen molar-refractivity contribution in [3.63, 3.8) is 0 Å². The monoisotopic (exact) mass is 551 g/mol. The molecule has 1 saturated heterocycles. The average Bonchev–Trinajstić information content (AvgIpc) is 3.45. The lowest BCUT2D eigenvalue weighted by atomic mass is 10.2. The first kappa shape index (κ1) is 23.3. The van der Waals surface area contributed by atoms with Crippen LogP contribution in [0.1, 0.15) is 18.9 Å². The van der Waals surface area contributed by atoms with Crippen molar-refractivity contribution >= 4 is 47.4 Å². The highest BCUT2D eigenvalue weighted by Gasteiger charge is 2.25. The van der Waals surface area contributed by atoms with Crippen molar-refractivity contribution in [3.05, 3.63) is 71.6 Å². The van der Waals surface area contributed by atoms with Crippen molar-refractivity contribution in [1.82, 2.24) is 25.4 Å². The first-order chi connectivity index (χ1) is 14.7. The fourth-order valence-electron chi connectivity index (χ4n) is 3.64. The molecule has 1 atom stereocenters. The third kappa shape index (κ3) is 5.88. The minimum Gasteiger partial charge on any atom is -0.357 e. The van der Waals surface area contributed by atoms with Crippen molar-refractivity contribution in [2.75, 3.05) is 24.5 Å². The number of pyridine rings is 1. The minimum absolute atomic E-state index is 0. The number of benzene rings is 1. The SMILES string of the molecule is CCNC(=NCc1ccccc1-n1cccn1)NC1CCN(c2ncccc2Cl)C1.I. The Morgan fingerprint density at radius 2 is 2.06 bits per heavy atom. The lowest BCUT2D eigenvalue weighted by molar-refractivity contribution is 0.648.